The fourth-order valence-corrected chi connectivity index (χ4v) is 3.26. The van der Waals surface area contributed by atoms with Crippen LogP contribution in [0.1, 0.15) is 49.0 Å². The van der Waals surface area contributed by atoms with Crippen molar-refractivity contribution in [2.75, 3.05) is 0 Å². The first kappa shape index (κ1) is 16.3. The van der Waals surface area contributed by atoms with E-state index in [1.165, 1.54) is 0 Å². The molecule has 0 aliphatic rings. The Hall–Kier alpha value is -3.15. The number of hydrogen-bond donors (Lipinski definition) is 1. The van der Waals surface area contributed by atoms with Gasteiger partial charge >= 0.3 is 0 Å². The zero-order valence-electron chi connectivity index (χ0n) is 15.0. The predicted molar refractivity (Wildman–Crippen MR) is 101 cm³/mol. The van der Waals surface area contributed by atoms with Crippen LogP contribution in [0.5, 0.6) is 0 Å². The topological polar surface area (TPSA) is 64.2 Å². The molecule has 6 nitrogen and oxygen atoms in total. The molecule has 3 aromatic heterocycles. The molecule has 4 aromatic rings. The van der Waals surface area contributed by atoms with Crippen LogP contribution in [-0.4, -0.2) is 25.1 Å². The van der Waals surface area contributed by atoms with Crippen LogP contribution >= 0.6 is 0 Å². The number of benzene rings is 1. The van der Waals surface area contributed by atoms with Gasteiger partial charge in [0, 0.05) is 34.9 Å². The summed E-state index contributed by atoms with van der Waals surface area (Å²) in [5, 5.41) is 12.4. The summed E-state index contributed by atoms with van der Waals surface area (Å²) in [4.78, 5) is 12.7. The summed E-state index contributed by atoms with van der Waals surface area (Å²) in [7, 11) is 0. The van der Waals surface area contributed by atoms with E-state index in [0.717, 1.165) is 16.6 Å². The average Bonchev–Trinajstić information content (AvgIpc) is 3.25. The van der Waals surface area contributed by atoms with Crippen molar-refractivity contribution in [3.63, 3.8) is 0 Å². The summed E-state index contributed by atoms with van der Waals surface area (Å²) < 4.78 is 4.08. The monoisotopic (exact) mass is 347 g/mol. The quantitative estimate of drug-likeness (QED) is 0.611. The number of nitrogens with one attached hydrogen (secondary N) is 1. The first-order chi connectivity index (χ1) is 12.5. The highest BCUT2D eigenvalue weighted by Crippen LogP contribution is 2.22. The number of pyridine rings is 1. The second-order valence-corrected chi connectivity index (χ2v) is 6.77. The highest BCUT2D eigenvalue weighted by Gasteiger charge is 2.17. The normalized spacial score (nSPS) is 12.8. The van der Waals surface area contributed by atoms with E-state index in [9.17, 15) is 4.79 Å². The number of rotatable bonds is 4. The van der Waals surface area contributed by atoms with Gasteiger partial charge in [-0.1, -0.05) is 6.07 Å². The van der Waals surface area contributed by atoms with Gasteiger partial charge in [-0.2, -0.15) is 0 Å². The molecule has 1 N–H and O–H groups in total. The van der Waals surface area contributed by atoms with E-state index in [-0.39, 0.29) is 11.9 Å². The lowest BCUT2D eigenvalue weighted by atomic mass is 10.1. The van der Waals surface area contributed by atoms with E-state index in [2.05, 4.69) is 40.1 Å². The summed E-state index contributed by atoms with van der Waals surface area (Å²) in [5.41, 5.74) is 2.53. The molecule has 1 amide bonds. The Kier molecular flexibility index (Phi) is 3.95. The van der Waals surface area contributed by atoms with E-state index in [0.29, 0.717) is 17.4 Å². The Morgan fingerprint density at radius 1 is 1.04 bits per heavy atom. The smallest absolute Gasteiger partial charge is 0.251 e. The molecule has 6 heteroatoms. The molecular formula is C20H21N5O. The van der Waals surface area contributed by atoms with Gasteiger partial charge < -0.3 is 9.88 Å². The molecule has 1 aromatic carbocycles. The zero-order valence-corrected chi connectivity index (χ0v) is 15.0. The van der Waals surface area contributed by atoms with Gasteiger partial charge in [0.15, 0.2) is 11.5 Å². The third-order valence-corrected chi connectivity index (χ3v) is 4.61. The molecule has 132 valence electrons. The average molecular weight is 347 g/mol. The lowest BCUT2D eigenvalue weighted by Gasteiger charge is -2.13. The van der Waals surface area contributed by atoms with E-state index in [1.54, 1.807) is 0 Å². The molecule has 26 heavy (non-hydrogen) atoms. The van der Waals surface area contributed by atoms with Crippen LogP contribution < -0.4 is 5.32 Å². The second kappa shape index (κ2) is 6.29. The fraction of sp³-hybridized carbons (Fsp3) is 0.250. The molecular weight excluding hydrogens is 326 g/mol. The summed E-state index contributed by atoms with van der Waals surface area (Å²) in [6.45, 7) is 6.20. The highest BCUT2D eigenvalue weighted by molar-refractivity contribution is 5.98. The standard InChI is InChI=1S/C20H21N5O/c1-13(2)24-11-9-15-12-16(7-8-17(15)24)20(26)21-14(3)19-23-22-18-6-4-5-10-25(18)19/h4-14H,1-3H3,(H,21,26)/t14-/m0/s1. The molecule has 0 radical (unpaired) electrons. The van der Waals surface area contributed by atoms with Gasteiger partial charge in [-0.25, -0.2) is 0 Å². The fourth-order valence-electron chi connectivity index (χ4n) is 3.26. The van der Waals surface area contributed by atoms with E-state index < -0.39 is 0 Å². The van der Waals surface area contributed by atoms with E-state index in [4.69, 9.17) is 0 Å². The molecule has 0 spiro atoms. The van der Waals surface area contributed by atoms with Crippen molar-refractivity contribution in [3.05, 3.63) is 66.2 Å². The van der Waals surface area contributed by atoms with Crippen molar-refractivity contribution in [3.8, 4) is 0 Å². The second-order valence-electron chi connectivity index (χ2n) is 6.77. The molecule has 0 saturated heterocycles. The molecule has 4 rings (SSSR count). The van der Waals surface area contributed by atoms with Crippen molar-refractivity contribution in [1.82, 2.24) is 24.5 Å². The Labute approximate surface area is 151 Å². The number of carbonyl (C=O) groups is 1. The van der Waals surface area contributed by atoms with Gasteiger partial charge in [0.05, 0.1) is 6.04 Å². The largest absolute Gasteiger partial charge is 0.345 e. The van der Waals surface area contributed by atoms with Crippen LogP contribution in [0, 0.1) is 0 Å². The van der Waals surface area contributed by atoms with Crippen LogP contribution in [0.15, 0.2) is 54.9 Å². The van der Waals surface area contributed by atoms with Gasteiger partial charge in [0.1, 0.15) is 0 Å². The van der Waals surface area contributed by atoms with Gasteiger partial charge in [-0.05, 0) is 57.2 Å². The minimum atomic E-state index is -0.254. The number of fused-ring (bicyclic) bond motifs is 2. The van der Waals surface area contributed by atoms with Crippen LogP contribution in [0.3, 0.4) is 0 Å². The Morgan fingerprint density at radius 2 is 1.88 bits per heavy atom. The lowest BCUT2D eigenvalue weighted by Crippen LogP contribution is -2.28. The summed E-state index contributed by atoms with van der Waals surface area (Å²) >= 11 is 0. The summed E-state index contributed by atoms with van der Waals surface area (Å²) in [5.74, 6) is 0.588. The molecule has 0 saturated carbocycles. The molecule has 0 aliphatic carbocycles. The zero-order chi connectivity index (χ0) is 18.3. The first-order valence-electron chi connectivity index (χ1n) is 8.75. The van der Waals surface area contributed by atoms with Crippen LogP contribution in [0.25, 0.3) is 16.6 Å². The maximum absolute atomic E-state index is 12.7. The molecule has 3 heterocycles. The third kappa shape index (κ3) is 2.73. The molecule has 0 unspecified atom stereocenters. The lowest BCUT2D eigenvalue weighted by molar-refractivity contribution is 0.0938. The number of carbonyl (C=O) groups excluding carboxylic acids is 1. The van der Waals surface area contributed by atoms with Crippen LogP contribution in [0.2, 0.25) is 0 Å². The summed E-state index contributed by atoms with van der Waals surface area (Å²) in [6, 6.07) is 13.7. The van der Waals surface area contributed by atoms with Gasteiger partial charge in [-0.3, -0.25) is 9.20 Å². The number of aromatic nitrogens is 4. The number of hydrogen-bond acceptors (Lipinski definition) is 3. The van der Waals surface area contributed by atoms with E-state index in [1.807, 2.05) is 60.0 Å². The van der Waals surface area contributed by atoms with Gasteiger partial charge in [0.25, 0.3) is 5.91 Å². The van der Waals surface area contributed by atoms with Crippen molar-refractivity contribution in [2.24, 2.45) is 0 Å². The first-order valence-corrected chi connectivity index (χ1v) is 8.75. The summed E-state index contributed by atoms with van der Waals surface area (Å²) in [6.07, 6.45) is 3.95. The van der Waals surface area contributed by atoms with Crippen LogP contribution in [-0.2, 0) is 0 Å². The van der Waals surface area contributed by atoms with Crippen molar-refractivity contribution >= 4 is 22.5 Å². The van der Waals surface area contributed by atoms with Gasteiger partial charge in [-0.15, -0.1) is 10.2 Å². The van der Waals surface area contributed by atoms with E-state index >= 15 is 0 Å². The Bertz CT molecular complexity index is 1090. The maximum atomic E-state index is 12.7. The Balaban J connectivity index is 1.58. The predicted octanol–water partition coefficient (Wildman–Crippen LogP) is 3.76. The minimum absolute atomic E-state index is 0.121. The van der Waals surface area contributed by atoms with Crippen molar-refractivity contribution in [2.45, 2.75) is 32.9 Å². The number of amides is 1. The Morgan fingerprint density at radius 3 is 2.69 bits per heavy atom. The number of nitrogens with zero attached hydrogens (tertiary/aromatic N) is 4. The molecule has 1 atom stereocenters. The molecule has 0 aliphatic heterocycles. The third-order valence-electron chi connectivity index (χ3n) is 4.61. The maximum Gasteiger partial charge on any atom is 0.251 e. The molecule has 0 fully saturated rings. The van der Waals surface area contributed by atoms with Crippen molar-refractivity contribution < 1.29 is 4.79 Å². The van der Waals surface area contributed by atoms with Crippen molar-refractivity contribution in [1.29, 1.82) is 0 Å². The highest BCUT2D eigenvalue weighted by atomic mass is 16.1. The van der Waals surface area contributed by atoms with Crippen LogP contribution in [0.4, 0.5) is 0 Å². The minimum Gasteiger partial charge on any atom is -0.345 e. The SMILES string of the molecule is CC(C)n1ccc2cc(C(=O)N[C@@H](C)c3nnc4ccccn34)ccc21. The molecule has 0 bridgehead atoms. The van der Waals surface area contributed by atoms with Gasteiger partial charge in [0.2, 0.25) is 0 Å².